The second-order valence-electron chi connectivity index (χ2n) is 3.62. The molecule has 0 aliphatic heterocycles. The van der Waals surface area contributed by atoms with Gasteiger partial charge in [0.25, 0.3) is 0 Å². The number of anilines is 1. The van der Waals surface area contributed by atoms with Crippen LogP contribution < -0.4 is 5.73 Å². The Hall–Kier alpha value is -0.960. The van der Waals surface area contributed by atoms with E-state index in [0.717, 1.165) is 11.1 Å². The van der Waals surface area contributed by atoms with Gasteiger partial charge in [-0.1, -0.05) is 40.9 Å². The molecular formula is C12H9Cl3N2. The molecule has 5 heteroatoms. The molecular weight excluding hydrogens is 279 g/mol. The average molecular weight is 288 g/mol. The van der Waals surface area contributed by atoms with Crippen molar-refractivity contribution in [1.82, 2.24) is 4.98 Å². The Balaban J connectivity index is 2.31. The highest BCUT2D eigenvalue weighted by Crippen LogP contribution is 2.25. The second-order valence-corrected chi connectivity index (χ2v) is 4.87. The quantitative estimate of drug-likeness (QED) is 0.898. The van der Waals surface area contributed by atoms with Gasteiger partial charge in [-0.2, -0.15) is 0 Å². The molecule has 2 nitrogen and oxygen atoms in total. The molecule has 0 saturated heterocycles. The van der Waals surface area contributed by atoms with E-state index >= 15 is 0 Å². The summed E-state index contributed by atoms with van der Waals surface area (Å²) in [5.41, 5.74) is 7.66. The molecule has 0 unspecified atom stereocenters. The number of hydrogen-bond donors (Lipinski definition) is 1. The van der Waals surface area contributed by atoms with Gasteiger partial charge >= 0.3 is 0 Å². The number of halogens is 3. The smallest absolute Gasteiger partial charge is 0.126 e. The van der Waals surface area contributed by atoms with E-state index in [1.807, 2.05) is 12.1 Å². The van der Waals surface area contributed by atoms with Crippen molar-refractivity contribution in [3.63, 3.8) is 0 Å². The van der Waals surface area contributed by atoms with Crippen molar-refractivity contribution in [2.45, 2.75) is 6.42 Å². The number of rotatable bonds is 2. The van der Waals surface area contributed by atoms with Crippen LogP contribution in [-0.4, -0.2) is 4.98 Å². The van der Waals surface area contributed by atoms with Crippen LogP contribution in [0.15, 0.2) is 30.5 Å². The van der Waals surface area contributed by atoms with E-state index < -0.39 is 0 Å². The van der Waals surface area contributed by atoms with Crippen molar-refractivity contribution < 1.29 is 0 Å². The van der Waals surface area contributed by atoms with Crippen molar-refractivity contribution in [3.05, 3.63) is 56.7 Å². The van der Waals surface area contributed by atoms with Gasteiger partial charge in [0.1, 0.15) is 5.82 Å². The number of benzene rings is 1. The van der Waals surface area contributed by atoms with Crippen LogP contribution >= 0.6 is 34.8 Å². The number of nitrogens with two attached hydrogens (primary N) is 1. The van der Waals surface area contributed by atoms with E-state index in [4.69, 9.17) is 40.5 Å². The highest BCUT2D eigenvalue weighted by Gasteiger charge is 2.05. The highest BCUT2D eigenvalue weighted by molar-refractivity contribution is 6.42. The molecule has 0 atom stereocenters. The van der Waals surface area contributed by atoms with E-state index in [0.29, 0.717) is 27.3 Å². The Bertz CT molecular complexity index is 555. The normalized spacial score (nSPS) is 10.5. The van der Waals surface area contributed by atoms with E-state index in [9.17, 15) is 0 Å². The Labute approximate surface area is 114 Å². The minimum absolute atomic E-state index is 0.473. The predicted molar refractivity (Wildman–Crippen MR) is 72.9 cm³/mol. The lowest BCUT2D eigenvalue weighted by molar-refractivity contribution is 1.15. The number of hydrogen-bond acceptors (Lipinski definition) is 2. The van der Waals surface area contributed by atoms with Crippen molar-refractivity contribution in [3.8, 4) is 0 Å². The molecule has 1 aromatic carbocycles. The summed E-state index contributed by atoms with van der Waals surface area (Å²) in [5.74, 6) is 0.473. The van der Waals surface area contributed by atoms with Crippen LogP contribution in [0.5, 0.6) is 0 Å². The Morgan fingerprint density at radius 2 is 1.82 bits per heavy atom. The van der Waals surface area contributed by atoms with Crippen LogP contribution in [0.1, 0.15) is 11.1 Å². The van der Waals surface area contributed by atoms with Crippen LogP contribution in [0, 0.1) is 0 Å². The third-order valence-electron chi connectivity index (χ3n) is 2.35. The molecule has 1 aromatic heterocycles. The molecule has 0 radical (unpaired) electrons. The Morgan fingerprint density at radius 3 is 2.53 bits per heavy atom. The molecule has 0 saturated carbocycles. The fourth-order valence-electron chi connectivity index (χ4n) is 1.50. The Kier molecular flexibility index (Phi) is 3.77. The maximum absolute atomic E-state index is 5.95. The average Bonchev–Trinajstić information content (AvgIpc) is 2.29. The standard InChI is InChI=1S/C12H9Cl3N2/c13-9-5-8(12(16)17-6-9)3-7-1-2-10(14)11(15)4-7/h1-2,4-6H,3H2,(H2,16,17). The van der Waals surface area contributed by atoms with Gasteiger partial charge < -0.3 is 5.73 Å². The van der Waals surface area contributed by atoms with Gasteiger partial charge in [0.2, 0.25) is 0 Å². The van der Waals surface area contributed by atoms with E-state index in [-0.39, 0.29) is 0 Å². The van der Waals surface area contributed by atoms with E-state index in [2.05, 4.69) is 4.98 Å². The van der Waals surface area contributed by atoms with Crippen LogP contribution in [0.3, 0.4) is 0 Å². The SMILES string of the molecule is Nc1ncc(Cl)cc1Cc1ccc(Cl)c(Cl)c1. The predicted octanol–water partition coefficient (Wildman–Crippen LogP) is 4.21. The van der Waals surface area contributed by atoms with Gasteiger partial charge in [-0.3, -0.25) is 0 Å². The topological polar surface area (TPSA) is 38.9 Å². The van der Waals surface area contributed by atoms with Crippen molar-refractivity contribution in [2.75, 3.05) is 5.73 Å². The number of aromatic nitrogens is 1. The lowest BCUT2D eigenvalue weighted by Gasteiger charge is -2.06. The first kappa shape index (κ1) is 12.5. The van der Waals surface area contributed by atoms with Crippen LogP contribution in [0.2, 0.25) is 15.1 Å². The molecule has 1 heterocycles. The van der Waals surface area contributed by atoms with Gasteiger partial charge in [0, 0.05) is 18.2 Å². The number of pyridine rings is 1. The summed E-state index contributed by atoms with van der Waals surface area (Å²) in [6, 6.07) is 7.26. The molecule has 2 aromatic rings. The minimum Gasteiger partial charge on any atom is -0.383 e. The molecule has 88 valence electrons. The molecule has 17 heavy (non-hydrogen) atoms. The summed E-state index contributed by atoms with van der Waals surface area (Å²) in [5, 5.41) is 1.62. The summed E-state index contributed by atoms with van der Waals surface area (Å²) in [4.78, 5) is 4.00. The molecule has 0 amide bonds. The lowest BCUT2D eigenvalue weighted by atomic mass is 10.1. The highest BCUT2D eigenvalue weighted by atomic mass is 35.5. The van der Waals surface area contributed by atoms with Gasteiger partial charge in [0.15, 0.2) is 0 Å². The van der Waals surface area contributed by atoms with Crippen molar-refractivity contribution in [1.29, 1.82) is 0 Å². The summed E-state index contributed by atoms with van der Waals surface area (Å²) < 4.78 is 0. The number of nitrogens with zero attached hydrogens (tertiary/aromatic N) is 1. The molecule has 0 bridgehead atoms. The lowest BCUT2D eigenvalue weighted by Crippen LogP contribution is -1.98. The van der Waals surface area contributed by atoms with Crippen molar-refractivity contribution >= 4 is 40.6 Å². The van der Waals surface area contributed by atoms with Crippen LogP contribution in [-0.2, 0) is 6.42 Å². The molecule has 2 rings (SSSR count). The summed E-state index contributed by atoms with van der Waals surface area (Å²) >= 11 is 17.7. The first-order valence-electron chi connectivity index (χ1n) is 4.90. The first-order chi connectivity index (χ1) is 8.06. The van der Waals surface area contributed by atoms with Gasteiger partial charge in [-0.25, -0.2) is 4.98 Å². The van der Waals surface area contributed by atoms with Gasteiger partial charge in [0.05, 0.1) is 15.1 Å². The summed E-state index contributed by atoms with van der Waals surface area (Å²) in [6.45, 7) is 0. The molecule has 0 spiro atoms. The first-order valence-corrected chi connectivity index (χ1v) is 6.03. The minimum atomic E-state index is 0.473. The molecule has 0 aliphatic carbocycles. The van der Waals surface area contributed by atoms with Crippen molar-refractivity contribution in [2.24, 2.45) is 0 Å². The van der Waals surface area contributed by atoms with E-state index in [1.165, 1.54) is 6.20 Å². The maximum Gasteiger partial charge on any atom is 0.126 e. The van der Waals surface area contributed by atoms with Crippen LogP contribution in [0.25, 0.3) is 0 Å². The zero-order valence-corrected chi connectivity index (χ0v) is 11.0. The largest absolute Gasteiger partial charge is 0.383 e. The fraction of sp³-hybridized carbons (Fsp3) is 0.0833. The maximum atomic E-state index is 5.95. The third-order valence-corrected chi connectivity index (χ3v) is 3.29. The third kappa shape index (κ3) is 3.03. The monoisotopic (exact) mass is 286 g/mol. The molecule has 0 fully saturated rings. The van der Waals surface area contributed by atoms with Crippen LogP contribution in [0.4, 0.5) is 5.82 Å². The number of nitrogen functional groups attached to an aromatic ring is 1. The van der Waals surface area contributed by atoms with Gasteiger partial charge in [-0.15, -0.1) is 0 Å². The van der Waals surface area contributed by atoms with Gasteiger partial charge in [-0.05, 0) is 23.8 Å². The summed E-state index contributed by atoms with van der Waals surface area (Å²) in [6.07, 6.45) is 2.14. The zero-order valence-electron chi connectivity index (χ0n) is 8.75. The second kappa shape index (κ2) is 5.13. The Morgan fingerprint density at radius 1 is 1.06 bits per heavy atom. The summed E-state index contributed by atoms with van der Waals surface area (Å²) in [7, 11) is 0. The molecule has 2 N–H and O–H groups in total. The fourth-order valence-corrected chi connectivity index (χ4v) is 2.00. The zero-order chi connectivity index (χ0) is 12.4. The van der Waals surface area contributed by atoms with E-state index in [1.54, 1.807) is 12.1 Å². The molecule has 0 aliphatic rings.